The number of anilines is 1. The molecular formula is C13H19ClN2O3. The number of nitrogens with two attached hydrogens (primary N) is 1. The fourth-order valence-corrected chi connectivity index (χ4v) is 1.72. The van der Waals surface area contributed by atoms with Crippen LogP contribution in [-0.4, -0.2) is 26.2 Å². The summed E-state index contributed by atoms with van der Waals surface area (Å²) in [4.78, 5) is 11.9. The van der Waals surface area contributed by atoms with E-state index in [0.29, 0.717) is 22.2 Å². The Kier molecular flexibility index (Phi) is 5.44. The van der Waals surface area contributed by atoms with E-state index < -0.39 is 6.04 Å². The summed E-state index contributed by atoms with van der Waals surface area (Å²) in [6.07, 6.45) is 0. The topological polar surface area (TPSA) is 73.6 Å². The predicted octanol–water partition coefficient (Wildman–Crippen LogP) is 2.28. The van der Waals surface area contributed by atoms with E-state index in [2.05, 4.69) is 5.32 Å². The smallest absolute Gasteiger partial charge is 0.241 e. The molecule has 0 fully saturated rings. The van der Waals surface area contributed by atoms with Crippen molar-refractivity contribution < 1.29 is 14.3 Å². The van der Waals surface area contributed by atoms with Crippen LogP contribution < -0.4 is 20.5 Å². The highest BCUT2D eigenvalue weighted by Gasteiger charge is 2.19. The molecular weight excluding hydrogens is 268 g/mol. The van der Waals surface area contributed by atoms with E-state index in [1.54, 1.807) is 12.1 Å². The van der Waals surface area contributed by atoms with Crippen LogP contribution in [0.3, 0.4) is 0 Å². The Morgan fingerprint density at radius 3 is 2.32 bits per heavy atom. The van der Waals surface area contributed by atoms with E-state index in [4.69, 9.17) is 26.8 Å². The molecule has 1 atom stereocenters. The second kappa shape index (κ2) is 6.63. The molecule has 0 aliphatic heterocycles. The van der Waals surface area contributed by atoms with Gasteiger partial charge < -0.3 is 20.5 Å². The van der Waals surface area contributed by atoms with Crippen molar-refractivity contribution in [3.63, 3.8) is 0 Å². The first-order valence-electron chi connectivity index (χ1n) is 5.88. The normalized spacial score (nSPS) is 12.2. The first-order valence-corrected chi connectivity index (χ1v) is 6.26. The zero-order valence-electron chi connectivity index (χ0n) is 11.5. The molecule has 5 nitrogen and oxygen atoms in total. The fraction of sp³-hybridized carbons (Fsp3) is 0.462. The van der Waals surface area contributed by atoms with Gasteiger partial charge in [0.25, 0.3) is 0 Å². The van der Waals surface area contributed by atoms with Crippen molar-refractivity contribution in [3.8, 4) is 11.5 Å². The van der Waals surface area contributed by atoms with E-state index in [-0.39, 0.29) is 11.8 Å². The molecule has 106 valence electrons. The van der Waals surface area contributed by atoms with Crippen molar-refractivity contribution in [1.29, 1.82) is 0 Å². The van der Waals surface area contributed by atoms with Crippen molar-refractivity contribution in [2.45, 2.75) is 19.9 Å². The molecule has 19 heavy (non-hydrogen) atoms. The second-order valence-corrected chi connectivity index (χ2v) is 4.85. The van der Waals surface area contributed by atoms with Crippen molar-refractivity contribution >= 4 is 23.2 Å². The van der Waals surface area contributed by atoms with Gasteiger partial charge in [-0.25, -0.2) is 0 Å². The summed E-state index contributed by atoms with van der Waals surface area (Å²) < 4.78 is 10.3. The number of benzene rings is 1. The molecule has 0 heterocycles. The minimum absolute atomic E-state index is 0.0414. The zero-order chi connectivity index (χ0) is 14.6. The number of hydrogen-bond acceptors (Lipinski definition) is 4. The van der Waals surface area contributed by atoms with E-state index in [1.807, 2.05) is 13.8 Å². The van der Waals surface area contributed by atoms with Gasteiger partial charge in [-0.05, 0) is 12.0 Å². The molecule has 1 rings (SSSR count). The third kappa shape index (κ3) is 3.75. The number of carbonyl (C=O) groups excluding carboxylic acids is 1. The van der Waals surface area contributed by atoms with Crippen LogP contribution in [0.4, 0.5) is 5.69 Å². The Balaban J connectivity index is 3.01. The number of methoxy groups -OCH3 is 2. The first-order chi connectivity index (χ1) is 8.90. The molecule has 3 N–H and O–H groups in total. The summed E-state index contributed by atoms with van der Waals surface area (Å²) in [6.45, 7) is 3.75. The molecule has 1 aromatic carbocycles. The van der Waals surface area contributed by atoms with E-state index in [9.17, 15) is 4.79 Å². The highest BCUT2D eigenvalue weighted by Crippen LogP contribution is 2.35. The van der Waals surface area contributed by atoms with Gasteiger partial charge in [0.2, 0.25) is 5.91 Å². The number of rotatable bonds is 5. The summed E-state index contributed by atoms with van der Waals surface area (Å²) in [6, 6.07) is 2.59. The van der Waals surface area contributed by atoms with Crippen LogP contribution in [0.5, 0.6) is 11.5 Å². The third-order valence-corrected chi connectivity index (χ3v) is 3.05. The molecule has 1 aromatic rings. The minimum atomic E-state index is -0.592. The highest BCUT2D eigenvalue weighted by atomic mass is 35.5. The third-order valence-electron chi connectivity index (χ3n) is 2.75. The van der Waals surface area contributed by atoms with Crippen molar-refractivity contribution in [1.82, 2.24) is 0 Å². The van der Waals surface area contributed by atoms with Gasteiger partial charge in [-0.15, -0.1) is 0 Å². The molecule has 0 spiro atoms. The summed E-state index contributed by atoms with van der Waals surface area (Å²) in [5, 5.41) is 3.09. The van der Waals surface area contributed by atoms with Crippen LogP contribution in [0.25, 0.3) is 0 Å². The Bertz CT molecular complexity index is 463. The van der Waals surface area contributed by atoms with Crippen LogP contribution in [0, 0.1) is 5.92 Å². The molecule has 1 amide bonds. The molecule has 6 heteroatoms. The summed E-state index contributed by atoms with van der Waals surface area (Å²) >= 11 is 6.02. The molecule has 0 aliphatic rings. The molecule has 0 aromatic heterocycles. The quantitative estimate of drug-likeness (QED) is 0.871. The largest absolute Gasteiger partial charge is 0.495 e. The van der Waals surface area contributed by atoms with Gasteiger partial charge in [0.05, 0.1) is 31.0 Å². The van der Waals surface area contributed by atoms with Crippen LogP contribution in [0.1, 0.15) is 13.8 Å². The van der Waals surface area contributed by atoms with Gasteiger partial charge in [0.15, 0.2) is 0 Å². The van der Waals surface area contributed by atoms with Crippen molar-refractivity contribution in [2.75, 3.05) is 19.5 Å². The molecule has 0 bridgehead atoms. The molecule has 0 saturated heterocycles. The number of hydrogen-bond donors (Lipinski definition) is 2. The number of halogens is 1. The monoisotopic (exact) mass is 286 g/mol. The van der Waals surface area contributed by atoms with Gasteiger partial charge in [-0.3, -0.25) is 4.79 Å². The maximum Gasteiger partial charge on any atom is 0.241 e. The van der Waals surface area contributed by atoms with E-state index >= 15 is 0 Å². The average molecular weight is 287 g/mol. The number of carbonyl (C=O) groups is 1. The van der Waals surface area contributed by atoms with Crippen LogP contribution in [0.2, 0.25) is 5.02 Å². The lowest BCUT2D eigenvalue weighted by atomic mass is 10.0. The summed E-state index contributed by atoms with van der Waals surface area (Å²) in [7, 11) is 3.01. The lowest BCUT2D eigenvalue weighted by Crippen LogP contribution is -2.39. The van der Waals surface area contributed by atoms with Crippen molar-refractivity contribution in [3.05, 3.63) is 17.2 Å². The van der Waals surface area contributed by atoms with Gasteiger partial charge >= 0.3 is 0 Å². The fourth-order valence-electron chi connectivity index (χ4n) is 1.48. The van der Waals surface area contributed by atoms with Gasteiger partial charge in [0, 0.05) is 6.07 Å². The van der Waals surface area contributed by atoms with Gasteiger partial charge in [-0.2, -0.15) is 0 Å². The van der Waals surface area contributed by atoms with Crippen molar-refractivity contribution in [2.24, 2.45) is 11.7 Å². The minimum Gasteiger partial charge on any atom is -0.495 e. The number of amides is 1. The average Bonchev–Trinajstić information content (AvgIpc) is 2.37. The Hall–Kier alpha value is -1.46. The lowest BCUT2D eigenvalue weighted by molar-refractivity contribution is -0.118. The maximum absolute atomic E-state index is 11.9. The van der Waals surface area contributed by atoms with Gasteiger partial charge in [0.1, 0.15) is 11.5 Å². The Labute approximate surface area is 118 Å². The van der Waals surface area contributed by atoms with Crippen LogP contribution in [-0.2, 0) is 4.79 Å². The SMILES string of the molecule is COc1cc(OC)c(NC(=O)[C@@H](N)C(C)C)cc1Cl. The van der Waals surface area contributed by atoms with Crippen LogP contribution >= 0.6 is 11.6 Å². The molecule has 0 saturated carbocycles. The Morgan fingerprint density at radius 1 is 1.26 bits per heavy atom. The molecule has 0 aliphatic carbocycles. The van der Waals surface area contributed by atoms with Gasteiger partial charge in [-0.1, -0.05) is 25.4 Å². The molecule has 0 unspecified atom stereocenters. The first kappa shape index (κ1) is 15.6. The van der Waals surface area contributed by atoms with E-state index in [0.717, 1.165) is 0 Å². The Morgan fingerprint density at radius 2 is 1.84 bits per heavy atom. The number of ether oxygens (including phenoxy) is 2. The van der Waals surface area contributed by atoms with Crippen LogP contribution in [0.15, 0.2) is 12.1 Å². The number of nitrogens with one attached hydrogen (secondary N) is 1. The predicted molar refractivity (Wildman–Crippen MR) is 76.0 cm³/mol. The second-order valence-electron chi connectivity index (χ2n) is 4.45. The summed E-state index contributed by atoms with van der Waals surface area (Å²) in [5.41, 5.74) is 6.25. The van der Waals surface area contributed by atoms with E-state index in [1.165, 1.54) is 14.2 Å². The summed E-state index contributed by atoms with van der Waals surface area (Å²) in [5.74, 6) is 0.699. The zero-order valence-corrected chi connectivity index (χ0v) is 12.2. The molecule has 0 radical (unpaired) electrons. The maximum atomic E-state index is 11.9. The standard InChI is InChI=1S/C13H19ClN2O3/c1-7(2)12(15)13(17)16-9-5-8(14)10(18-3)6-11(9)19-4/h5-7,12H,15H2,1-4H3,(H,16,17)/t12-/m0/s1. The highest BCUT2D eigenvalue weighted by molar-refractivity contribution is 6.32. The lowest BCUT2D eigenvalue weighted by Gasteiger charge is -2.17.